The summed E-state index contributed by atoms with van der Waals surface area (Å²) in [7, 11) is 1.69. The number of rotatable bonds is 4. The molecule has 1 aliphatic carbocycles. The monoisotopic (exact) mass is 257 g/mol. The lowest BCUT2D eigenvalue weighted by Gasteiger charge is -2.13. The second-order valence-electron chi connectivity index (χ2n) is 5.00. The van der Waals surface area contributed by atoms with Gasteiger partial charge in [0.1, 0.15) is 0 Å². The fourth-order valence-corrected chi connectivity index (χ4v) is 2.36. The van der Waals surface area contributed by atoms with E-state index in [4.69, 9.17) is 5.73 Å². The first-order valence-corrected chi connectivity index (χ1v) is 6.22. The molecule has 0 saturated heterocycles. The maximum Gasteiger partial charge on any atom is 0.182 e. The summed E-state index contributed by atoms with van der Waals surface area (Å²) in [5.74, 6) is 0.638. The van der Waals surface area contributed by atoms with Gasteiger partial charge < -0.3 is 5.73 Å². The summed E-state index contributed by atoms with van der Waals surface area (Å²) in [5, 5.41) is 11.7. The second-order valence-corrected chi connectivity index (χ2v) is 5.00. The highest BCUT2D eigenvalue weighted by Gasteiger charge is 2.50. The van der Waals surface area contributed by atoms with Crippen molar-refractivity contribution in [3.8, 4) is 0 Å². The Labute approximate surface area is 110 Å². The molecule has 6 nitrogen and oxygen atoms in total. The van der Waals surface area contributed by atoms with Gasteiger partial charge in [-0.25, -0.2) is 0 Å². The molecule has 1 fully saturated rings. The maximum atomic E-state index is 12.4. The highest BCUT2D eigenvalue weighted by molar-refractivity contribution is 5.94. The van der Waals surface area contributed by atoms with E-state index in [0.29, 0.717) is 11.5 Å². The van der Waals surface area contributed by atoms with E-state index in [-0.39, 0.29) is 17.6 Å². The van der Waals surface area contributed by atoms with Crippen molar-refractivity contribution in [2.45, 2.75) is 24.7 Å². The van der Waals surface area contributed by atoms with E-state index in [2.05, 4.69) is 15.4 Å². The summed E-state index contributed by atoms with van der Waals surface area (Å²) in [6.07, 6.45) is 2.00. The lowest BCUT2D eigenvalue weighted by atomic mass is 9.89. The van der Waals surface area contributed by atoms with Crippen LogP contribution in [-0.4, -0.2) is 26.0 Å². The number of nitrogen functional groups attached to an aromatic ring is 1. The van der Waals surface area contributed by atoms with Crippen LogP contribution >= 0.6 is 0 Å². The molecule has 1 aliphatic rings. The van der Waals surface area contributed by atoms with Gasteiger partial charge in [0.2, 0.25) is 0 Å². The first kappa shape index (κ1) is 11.8. The number of carbonyl (C=O) groups excluding carboxylic acids is 1. The lowest BCUT2D eigenvalue weighted by Crippen LogP contribution is -2.23. The Morgan fingerprint density at radius 3 is 2.58 bits per heavy atom. The topological polar surface area (TPSA) is 86.7 Å². The van der Waals surface area contributed by atoms with Crippen LogP contribution in [0.5, 0.6) is 0 Å². The second kappa shape index (κ2) is 4.15. The summed E-state index contributed by atoms with van der Waals surface area (Å²) in [6, 6.07) is 7.54. The van der Waals surface area contributed by atoms with Crippen molar-refractivity contribution >= 4 is 11.5 Å². The number of hydrogen-bond acceptors (Lipinski definition) is 5. The third-order valence-electron chi connectivity index (χ3n) is 3.62. The summed E-state index contributed by atoms with van der Waals surface area (Å²) in [4.78, 5) is 13.8. The van der Waals surface area contributed by atoms with Crippen LogP contribution in [0.4, 0.5) is 5.69 Å². The molecular formula is C13H15N5O. The van der Waals surface area contributed by atoms with Gasteiger partial charge in [0.05, 0.1) is 18.9 Å². The maximum absolute atomic E-state index is 12.4. The number of aromatic nitrogens is 4. The van der Waals surface area contributed by atoms with Gasteiger partial charge in [-0.05, 0) is 35.8 Å². The summed E-state index contributed by atoms with van der Waals surface area (Å²) < 4.78 is 0. The summed E-state index contributed by atoms with van der Waals surface area (Å²) >= 11 is 0. The minimum atomic E-state index is -0.354. The van der Waals surface area contributed by atoms with Gasteiger partial charge >= 0.3 is 0 Å². The zero-order valence-electron chi connectivity index (χ0n) is 10.7. The van der Waals surface area contributed by atoms with Crippen molar-refractivity contribution in [2.24, 2.45) is 7.05 Å². The smallest absolute Gasteiger partial charge is 0.182 e. The van der Waals surface area contributed by atoms with Crippen molar-refractivity contribution in [1.82, 2.24) is 20.2 Å². The Morgan fingerprint density at radius 2 is 2.05 bits per heavy atom. The normalized spacial score (nSPS) is 16.3. The molecule has 98 valence electrons. The standard InChI is InChI=1S/C13H15N5O/c1-18-16-12(15-17-18)8-11(19)13(6-7-13)9-2-4-10(14)5-3-9/h2-5H,6-8,14H2,1H3. The van der Waals surface area contributed by atoms with Crippen LogP contribution < -0.4 is 5.73 Å². The van der Waals surface area contributed by atoms with Crippen LogP contribution in [0.1, 0.15) is 24.2 Å². The molecule has 0 unspecified atom stereocenters. The minimum absolute atomic E-state index is 0.158. The SMILES string of the molecule is Cn1nnc(CC(=O)C2(c3ccc(N)cc3)CC2)n1. The highest BCUT2D eigenvalue weighted by Crippen LogP contribution is 2.49. The lowest BCUT2D eigenvalue weighted by molar-refractivity contribution is -0.120. The third kappa shape index (κ3) is 2.09. The number of Topliss-reactive ketones (excluding diaryl/α,β-unsaturated/α-hetero) is 1. The Kier molecular flexibility index (Phi) is 2.58. The van der Waals surface area contributed by atoms with Gasteiger partial charge in [-0.1, -0.05) is 12.1 Å². The van der Waals surface area contributed by atoms with E-state index in [1.807, 2.05) is 24.3 Å². The zero-order chi connectivity index (χ0) is 13.5. The predicted octanol–water partition coefficient (Wildman–Crippen LogP) is 0.636. The van der Waals surface area contributed by atoms with E-state index in [0.717, 1.165) is 18.4 Å². The van der Waals surface area contributed by atoms with E-state index in [1.165, 1.54) is 4.80 Å². The molecule has 2 N–H and O–H groups in total. The first-order valence-electron chi connectivity index (χ1n) is 6.22. The zero-order valence-corrected chi connectivity index (χ0v) is 10.7. The molecule has 0 radical (unpaired) electrons. The predicted molar refractivity (Wildman–Crippen MR) is 69.3 cm³/mol. The summed E-state index contributed by atoms with van der Waals surface area (Å²) in [6.45, 7) is 0. The number of ketones is 1. The Bertz CT molecular complexity index is 612. The third-order valence-corrected chi connectivity index (χ3v) is 3.62. The largest absolute Gasteiger partial charge is 0.399 e. The van der Waals surface area contributed by atoms with Crippen molar-refractivity contribution < 1.29 is 4.79 Å². The van der Waals surface area contributed by atoms with Gasteiger partial charge in [-0.2, -0.15) is 4.80 Å². The van der Waals surface area contributed by atoms with Crippen molar-refractivity contribution in [3.63, 3.8) is 0 Å². The van der Waals surface area contributed by atoms with Gasteiger partial charge in [0, 0.05) is 5.69 Å². The molecule has 1 aromatic carbocycles. The molecule has 6 heteroatoms. The number of benzene rings is 1. The number of hydrogen-bond donors (Lipinski definition) is 1. The molecule has 0 spiro atoms. The highest BCUT2D eigenvalue weighted by atomic mass is 16.1. The molecule has 3 rings (SSSR count). The molecule has 0 amide bonds. The number of tetrazole rings is 1. The van der Waals surface area contributed by atoms with Gasteiger partial charge in [0.25, 0.3) is 0 Å². The van der Waals surface area contributed by atoms with E-state index in [1.54, 1.807) is 7.05 Å². The molecule has 1 heterocycles. The Morgan fingerprint density at radius 1 is 1.37 bits per heavy atom. The Balaban J connectivity index is 1.81. The molecular weight excluding hydrogens is 242 g/mol. The number of nitrogens with two attached hydrogens (primary N) is 1. The summed E-state index contributed by atoms with van der Waals surface area (Å²) in [5.41, 5.74) is 7.07. The molecule has 1 aromatic heterocycles. The van der Waals surface area contributed by atoms with Gasteiger partial charge in [-0.15, -0.1) is 10.2 Å². The average molecular weight is 257 g/mol. The van der Waals surface area contributed by atoms with Crippen LogP contribution in [-0.2, 0) is 23.7 Å². The quantitative estimate of drug-likeness (QED) is 0.812. The molecule has 1 saturated carbocycles. The number of aryl methyl sites for hydroxylation is 1. The van der Waals surface area contributed by atoms with Crippen LogP contribution in [0.15, 0.2) is 24.3 Å². The molecule has 0 bridgehead atoms. The van der Waals surface area contributed by atoms with Crippen LogP contribution in [0.2, 0.25) is 0 Å². The number of anilines is 1. The first-order chi connectivity index (χ1) is 9.10. The van der Waals surface area contributed by atoms with Gasteiger partial charge in [0.15, 0.2) is 11.6 Å². The average Bonchev–Trinajstić information content (AvgIpc) is 3.10. The van der Waals surface area contributed by atoms with Crippen LogP contribution in [0.3, 0.4) is 0 Å². The molecule has 0 atom stereocenters. The van der Waals surface area contributed by atoms with Crippen LogP contribution in [0.25, 0.3) is 0 Å². The molecule has 2 aromatic rings. The van der Waals surface area contributed by atoms with Crippen molar-refractivity contribution in [3.05, 3.63) is 35.7 Å². The number of carbonyl (C=O) groups is 1. The molecule has 0 aliphatic heterocycles. The fourth-order valence-electron chi connectivity index (χ4n) is 2.36. The molecule has 19 heavy (non-hydrogen) atoms. The number of nitrogens with zero attached hydrogens (tertiary/aromatic N) is 4. The van der Waals surface area contributed by atoms with E-state index < -0.39 is 0 Å². The Hall–Kier alpha value is -2.24. The van der Waals surface area contributed by atoms with Crippen molar-refractivity contribution in [1.29, 1.82) is 0 Å². The van der Waals surface area contributed by atoms with Gasteiger partial charge in [-0.3, -0.25) is 4.79 Å². The minimum Gasteiger partial charge on any atom is -0.399 e. The van der Waals surface area contributed by atoms with Crippen molar-refractivity contribution in [2.75, 3.05) is 5.73 Å². The van der Waals surface area contributed by atoms with Crippen LogP contribution in [0, 0.1) is 0 Å². The fraction of sp³-hybridized carbons (Fsp3) is 0.385. The van der Waals surface area contributed by atoms with E-state index >= 15 is 0 Å². The van der Waals surface area contributed by atoms with E-state index in [9.17, 15) is 4.79 Å².